The van der Waals surface area contributed by atoms with Crippen molar-refractivity contribution in [2.75, 3.05) is 12.3 Å². The van der Waals surface area contributed by atoms with E-state index in [2.05, 4.69) is 9.97 Å². The zero-order valence-electron chi connectivity index (χ0n) is 11.1. The standard InChI is InChI=1S/C12H15ClN4O4/c1-4-2-17(10-6(4)9(13)15-12(14)16-10)11-8(20)7(19)5(3-18)21-11/h2,5,7-8,11,18-20H,3H2,1H3,(H2,14,15,16). The van der Waals surface area contributed by atoms with Gasteiger partial charge in [-0.1, -0.05) is 11.6 Å². The fourth-order valence-corrected chi connectivity index (χ4v) is 2.92. The number of halogens is 1. The molecule has 1 aliphatic heterocycles. The van der Waals surface area contributed by atoms with Crippen LogP contribution in [0.1, 0.15) is 11.8 Å². The first-order valence-electron chi connectivity index (χ1n) is 6.36. The molecule has 1 saturated heterocycles. The molecule has 0 spiro atoms. The summed E-state index contributed by atoms with van der Waals surface area (Å²) >= 11 is 6.07. The van der Waals surface area contributed by atoms with E-state index in [0.29, 0.717) is 11.0 Å². The molecule has 1 fully saturated rings. The van der Waals surface area contributed by atoms with Crippen LogP contribution in [-0.4, -0.2) is 54.8 Å². The molecule has 2 aromatic rings. The van der Waals surface area contributed by atoms with Crippen LogP contribution >= 0.6 is 11.6 Å². The van der Waals surface area contributed by atoms with Gasteiger partial charge in [0, 0.05) is 6.20 Å². The van der Waals surface area contributed by atoms with Crippen LogP contribution in [0.2, 0.25) is 5.15 Å². The number of aliphatic hydroxyl groups is 3. The summed E-state index contributed by atoms with van der Waals surface area (Å²) in [6.45, 7) is 1.41. The topological polar surface area (TPSA) is 127 Å². The summed E-state index contributed by atoms with van der Waals surface area (Å²) in [7, 11) is 0. The highest BCUT2D eigenvalue weighted by Gasteiger charge is 2.44. The van der Waals surface area contributed by atoms with Gasteiger partial charge in [-0.15, -0.1) is 0 Å². The Bertz CT molecular complexity index is 691. The molecule has 114 valence electrons. The van der Waals surface area contributed by atoms with E-state index in [4.69, 9.17) is 27.2 Å². The van der Waals surface area contributed by atoms with Crippen molar-refractivity contribution < 1.29 is 20.1 Å². The number of nitrogens with zero attached hydrogens (tertiary/aromatic N) is 3. The van der Waals surface area contributed by atoms with E-state index < -0.39 is 31.1 Å². The van der Waals surface area contributed by atoms with Crippen LogP contribution in [0.5, 0.6) is 0 Å². The Kier molecular flexibility index (Phi) is 3.50. The maximum atomic E-state index is 10.1. The van der Waals surface area contributed by atoms with Crippen LogP contribution in [0.15, 0.2) is 6.20 Å². The van der Waals surface area contributed by atoms with Crippen molar-refractivity contribution in [2.24, 2.45) is 0 Å². The van der Waals surface area contributed by atoms with Gasteiger partial charge in [0.1, 0.15) is 29.1 Å². The zero-order chi connectivity index (χ0) is 15.3. The molecule has 0 saturated carbocycles. The Hall–Kier alpha value is -1.45. The molecule has 2 aromatic heterocycles. The average molecular weight is 315 g/mol. The Balaban J connectivity index is 2.13. The van der Waals surface area contributed by atoms with Gasteiger partial charge in [-0.05, 0) is 12.5 Å². The minimum atomic E-state index is -1.20. The molecule has 5 N–H and O–H groups in total. The lowest BCUT2D eigenvalue weighted by atomic mass is 10.1. The van der Waals surface area contributed by atoms with Gasteiger partial charge in [-0.2, -0.15) is 4.98 Å². The van der Waals surface area contributed by atoms with E-state index in [9.17, 15) is 10.2 Å². The number of nitrogens with two attached hydrogens (primary N) is 1. The lowest BCUT2D eigenvalue weighted by Crippen LogP contribution is -2.33. The normalized spacial score (nSPS) is 29.4. The molecule has 0 amide bonds. The van der Waals surface area contributed by atoms with Crippen LogP contribution in [0.25, 0.3) is 11.0 Å². The highest BCUT2D eigenvalue weighted by molar-refractivity contribution is 6.34. The maximum Gasteiger partial charge on any atom is 0.223 e. The smallest absolute Gasteiger partial charge is 0.223 e. The van der Waals surface area contributed by atoms with Crippen molar-refractivity contribution in [3.8, 4) is 0 Å². The number of aromatic nitrogens is 3. The Morgan fingerprint density at radius 1 is 1.38 bits per heavy atom. The predicted octanol–water partition coefficient (Wildman–Crippen LogP) is -0.413. The van der Waals surface area contributed by atoms with E-state index in [0.717, 1.165) is 5.56 Å². The molecule has 1 aliphatic rings. The molecule has 0 radical (unpaired) electrons. The van der Waals surface area contributed by atoms with Crippen molar-refractivity contribution in [1.82, 2.24) is 14.5 Å². The highest BCUT2D eigenvalue weighted by Crippen LogP contribution is 2.35. The van der Waals surface area contributed by atoms with E-state index in [1.54, 1.807) is 6.20 Å². The van der Waals surface area contributed by atoms with Gasteiger partial charge in [-0.3, -0.25) is 0 Å². The molecule has 0 aliphatic carbocycles. The number of ether oxygens (including phenoxy) is 1. The molecular weight excluding hydrogens is 300 g/mol. The number of aryl methyl sites for hydroxylation is 1. The third-order valence-electron chi connectivity index (χ3n) is 3.63. The molecule has 4 atom stereocenters. The van der Waals surface area contributed by atoms with Crippen molar-refractivity contribution in [3.05, 3.63) is 16.9 Å². The maximum absolute atomic E-state index is 10.1. The number of nitrogen functional groups attached to an aromatic ring is 1. The summed E-state index contributed by atoms with van der Waals surface area (Å²) in [5, 5.41) is 29.9. The number of fused-ring (bicyclic) bond motifs is 1. The number of anilines is 1. The third-order valence-corrected chi connectivity index (χ3v) is 3.90. The number of hydrogen-bond acceptors (Lipinski definition) is 7. The monoisotopic (exact) mass is 314 g/mol. The second kappa shape index (κ2) is 5.08. The Labute approximate surface area is 124 Å². The Morgan fingerprint density at radius 3 is 2.71 bits per heavy atom. The first-order chi connectivity index (χ1) is 9.93. The van der Waals surface area contributed by atoms with Gasteiger partial charge in [-0.25, -0.2) is 4.98 Å². The lowest BCUT2D eigenvalue weighted by Gasteiger charge is -2.17. The molecular formula is C12H15ClN4O4. The molecule has 3 rings (SSSR count). The van der Waals surface area contributed by atoms with Crippen molar-refractivity contribution >= 4 is 28.6 Å². The van der Waals surface area contributed by atoms with Gasteiger partial charge >= 0.3 is 0 Å². The third kappa shape index (κ3) is 2.16. The quantitative estimate of drug-likeness (QED) is 0.555. The van der Waals surface area contributed by atoms with E-state index in [1.807, 2.05) is 6.92 Å². The summed E-state index contributed by atoms with van der Waals surface area (Å²) in [5.74, 6) is -0.00130. The van der Waals surface area contributed by atoms with E-state index >= 15 is 0 Å². The van der Waals surface area contributed by atoms with Crippen molar-refractivity contribution in [3.63, 3.8) is 0 Å². The zero-order valence-corrected chi connectivity index (χ0v) is 11.9. The van der Waals surface area contributed by atoms with Crippen LogP contribution in [0, 0.1) is 6.92 Å². The number of aliphatic hydroxyl groups excluding tert-OH is 3. The summed E-state index contributed by atoms with van der Waals surface area (Å²) in [6.07, 6.45) is -2.46. The number of hydrogen-bond donors (Lipinski definition) is 4. The van der Waals surface area contributed by atoms with Gasteiger partial charge in [0.2, 0.25) is 5.95 Å². The van der Waals surface area contributed by atoms with Gasteiger partial charge in [0.05, 0.1) is 12.0 Å². The van der Waals surface area contributed by atoms with Crippen LogP contribution in [-0.2, 0) is 4.74 Å². The molecule has 4 unspecified atom stereocenters. The second-order valence-electron chi connectivity index (χ2n) is 5.02. The minimum Gasteiger partial charge on any atom is -0.394 e. The highest BCUT2D eigenvalue weighted by atomic mass is 35.5. The first kappa shape index (κ1) is 14.5. The van der Waals surface area contributed by atoms with Crippen LogP contribution in [0.4, 0.5) is 5.95 Å². The van der Waals surface area contributed by atoms with Gasteiger partial charge in [0.25, 0.3) is 0 Å². The number of rotatable bonds is 2. The fourth-order valence-electron chi connectivity index (χ4n) is 2.60. The average Bonchev–Trinajstić information content (AvgIpc) is 2.89. The van der Waals surface area contributed by atoms with Crippen molar-refractivity contribution in [2.45, 2.75) is 31.5 Å². The second-order valence-corrected chi connectivity index (χ2v) is 5.38. The molecule has 3 heterocycles. The molecule has 0 bridgehead atoms. The van der Waals surface area contributed by atoms with Crippen LogP contribution in [0.3, 0.4) is 0 Å². The molecule has 9 heteroatoms. The lowest BCUT2D eigenvalue weighted by molar-refractivity contribution is -0.0508. The molecule has 21 heavy (non-hydrogen) atoms. The van der Waals surface area contributed by atoms with E-state index in [1.165, 1.54) is 4.57 Å². The summed E-state index contributed by atoms with van der Waals surface area (Å²) in [4.78, 5) is 8.02. The summed E-state index contributed by atoms with van der Waals surface area (Å²) < 4.78 is 7.03. The largest absolute Gasteiger partial charge is 0.394 e. The Morgan fingerprint density at radius 2 is 2.10 bits per heavy atom. The van der Waals surface area contributed by atoms with Crippen molar-refractivity contribution in [1.29, 1.82) is 0 Å². The summed E-state index contributed by atoms with van der Waals surface area (Å²) in [6, 6.07) is 0. The first-order valence-corrected chi connectivity index (χ1v) is 6.74. The fraction of sp³-hybridized carbons (Fsp3) is 0.500. The SMILES string of the molecule is Cc1cn(C2OC(CO)C(O)C2O)c2nc(N)nc(Cl)c12. The van der Waals surface area contributed by atoms with Gasteiger partial charge in [0.15, 0.2) is 6.23 Å². The predicted molar refractivity (Wildman–Crippen MR) is 74.7 cm³/mol. The molecule has 0 aromatic carbocycles. The molecule has 8 nitrogen and oxygen atoms in total. The van der Waals surface area contributed by atoms with E-state index in [-0.39, 0.29) is 11.1 Å². The van der Waals surface area contributed by atoms with Crippen LogP contribution < -0.4 is 5.73 Å². The van der Waals surface area contributed by atoms with Gasteiger partial charge < -0.3 is 30.4 Å². The minimum absolute atomic E-state index is 0.00130. The summed E-state index contributed by atoms with van der Waals surface area (Å²) in [5.41, 5.74) is 6.79.